The molecule has 1 amide bonds. The van der Waals surface area contributed by atoms with Gasteiger partial charge in [0, 0.05) is 35.3 Å². The molecule has 0 atom stereocenters. The van der Waals surface area contributed by atoms with Crippen LogP contribution in [-0.4, -0.2) is 60.3 Å². The van der Waals surface area contributed by atoms with E-state index in [-0.39, 0.29) is 10.7 Å². The Morgan fingerprint density at radius 1 is 1.24 bits per heavy atom. The summed E-state index contributed by atoms with van der Waals surface area (Å²) in [5.41, 5.74) is 5.32. The zero-order chi connectivity index (χ0) is 20.5. The van der Waals surface area contributed by atoms with Crippen molar-refractivity contribution in [3.05, 3.63) is 30.3 Å². The average Bonchev–Trinajstić information content (AvgIpc) is 3.17. The number of nitrogens with one attached hydrogen (secondary N) is 2. The highest BCUT2D eigenvalue weighted by atomic mass is 32.2. The third-order valence-corrected chi connectivity index (χ3v) is 7.25. The Morgan fingerprint density at radius 3 is 2.55 bits per heavy atom. The van der Waals surface area contributed by atoms with E-state index < -0.39 is 0 Å². The maximum atomic E-state index is 11.1. The Hall–Kier alpha value is -1.73. The summed E-state index contributed by atoms with van der Waals surface area (Å²) in [6.45, 7) is 5.95. The number of hydrogen-bond donors (Lipinski definition) is 3. The van der Waals surface area contributed by atoms with Crippen molar-refractivity contribution in [1.82, 2.24) is 15.5 Å². The van der Waals surface area contributed by atoms with Gasteiger partial charge in [0.05, 0.1) is 13.1 Å². The van der Waals surface area contributed by atoms with Gasteiger partial charge < -0.3 is 16.4 Å². The number of hydrogen-bond acceptors (Lipinski definition) is 4. The van der Waals surface area contributed by atoms with Crippen molar-refractivity contribution >= 4 is 23.6 Å². The van der Waals surface area contributed by atoms with Crippen LogP contribution in [0.25, 0.3) is 0 Å². The van der Waals surface area contributed by atoms with Gasteiger partial charge in [0.1, 0.15) is 0 Å². The second-order valence-corrected chi connectivity index (χ2v) is 9.70. The number of benzene rings is 1. The normalized spacial score (nSPS) is 20.5. The van der Waals surface area contributed by atoms with Crippen LogP contribution in [-0.2, 0) is 4.79 Å². The minimum Gasteiger partial charge on any atom is -0.369 e. The van der Waals surface area contributed by atoms with Crippen molar-refractivity contribution in [3.8, 4) is 0 Å². The summed E-state index contributed by atoms with van der Waals surface area (Å²) in [5, 5.41) is 7.04. The van der Waals surface area contributed by atoms with Crippen molar-refractivity contribution in [3.63, 3.8) is 0 Å². The SMILES string of the molecule is CCNC(=NCC1(Sc2ccccc2)CCCC1)NC1CCN(CC(N)=O)CC1. The molecular weight excluding hydrogens is 382 g/mol. The summed E-state index contributed by atoms with van der Waals surface area (Å²) in [7, 11) is 0. The van der Waals surface area contributed by atoms with Crippen molar-refractivity contribution in [2.45, 2.75) is 61.1 Å². The fourth-order valence-corrected chi connectivity index (χ4v) is 5.66. The molecule has 6 nitrogen and oxygen atoms in total. The Bertz CT molecular complexity index is 667. The first-order valence-electron chi connectivity index (χ1n) is 10.9. The Labute approximate surface area is 179 Å². The minimum absolute atomic E-state index is 0.203. The fourth-order valence-electron chi connectivity index (χ4n) is 4.24. The van der Waals surface area contributed by atoms with E-state index in [1.807, 2.05) is 11.8 Å². The van der Waals surface area contributed by atoms with Crippen LogP contribution in [0, 0.1) is 0 Å². The molecule has 2 fully saturated rings. The second kappa shape index (κ2) is 10.9. The van der Waals surface area contributed by atoms with Crippen LogP contribution >= 0.6 is 11.8 Å². The summed E-state index contributed by atoms with van der Waals surface area (Å²) in [6.07, 6.45) is 7.03. The van der Waals surface area contributed by atoms with Crippen LogP contribution in [0.5, 0.6) is 0 Å². The molecule has 1 saturated carbocycles. The zero-order valence-electron chi connectivity index (χ0n) is 17.5. The third-order valence-electron chi connectivity index (χ3n) is 5.77. The third kappa shape index (κ3) is 6.93. The van der Waals surface area contributed by atoms with Crippen molar-refractivity contribution < 1.29 is 4.79 Å². The van der Waals surface area contributed by atoms with Crippen LogP contribution in [0.15, 0.2) is 40.2 Å². The second-order valence-electron chi connectivity index (χ2n) is 8.16. The van der Waals surface area contributed by atoms with E-state index in [4.69, 9.17) is 10.7 Å². The topological polar surface area (TPSA) is 82.8 Å². The standard InChI is InChI=1S/C22H35N5OS/c1-2-24-21(26-18-10-14-27(15-11-18)16-20(23)28)25-17-22(12-6-7-13-22)29-19-8-4-3-5-9-19/h3-5,8-9,18H,2,6-7,10-17H2,1H3,(H2,23,28)(H2,24,25,26). The molecule has 0 spiro atoms. The Morgan fingerprint density at radius 2 is 1.93 bits per heavy atom. The van der Waals surface area contributed by atoms with Crippen LogP contribution < -0.4 is 16.4 Å². The number of aliphatic imine (C=N–C) groups is 1. The lowest BCUT2D eigenvalue weighted by Crippen LogP contribution is -2.50. The van der Waals surface area contributed by atoms with Gasteiger partial charge >= 0.3 is 0 Å². The molecule has 1 aliphatic heterocycles. The number of thioether (sulfide) groups is 1. The molecule has 160 valence electrons. The number of amides is 1. The summed E-state index contributed by atoms with van der Waals surface area (Å²) < 4.78 is 0.203. The zero-order valence-corrected chi connectivity index (χ0v) is 18.3. The van der Waals surface area contributed by atoms with Gasteiger partial charge in [-0.2, -0.15) is 0 Å². The molecule has 7 heteroatoms. The van der Waals surface area contributed by atoms with Gasteiger partial charge in [-0.05, 0) is 44.7 Å². The smallest absolute Gasteiger partial charge is 0.231 e. The van der Waals surface area contributed by atoms with E-state index in [0.29, 0.717) is 12.6 Å². The molecule has 1 heterocycles. The van der Waals surface area contributed by atoms with E-state index >= 15 is 0 Å². The molecule has 1 aliphatic carbocycles. The summed E-state index contributed by atoms with van der Waals surface area (Å²) in [4.78, 5) is 19.6. The Balaban J connectivity index is 1.58. The molecule has 0 unspecified atom stereocenters. The number of carbonyl (C=O) groups is 1. The quantitative estimate of drug-likeness (QED) is 0.447. The van der Waals surface area contributed by atoms with Crippen molar-refractivity contribution in [1.29, 1.82) is 0 Å². The summed E-state index contributed by atoms with van der Waals surface area (Å²) >= 11 is 2.00. The average molecular weight is 418 g/mol. The van der Waals surface area contributed by atoms with Gasteiger partial charge in [-0.25, -0.2) is 0 Å². The predicted octanol–water partition coefficient (Wildman–Crippen LogP) is 2.60. The van der Waals surface area contributed by atoms with E-state index in [1.54, 1.807) is 0 Å². The van der Waals surface area contributed by atoms with Crippen LogP contribution in [0.1, 0.15) is 45.4 Å². The fraction of sp³-hybridized carbons (Fsp3) is 0.636. The largest absolute Gasteiger partial charge is 0.369 e. The van der Waals surface area contributed by atoms with E-state index in [1.165, 1.54) is 30.6 Å². The highest BCUT2D eigenvalue weighted by molar-refractivity contribution is 8.00. The van der Waals surface area contributed by atoms with Gasteiger partial charge in [0.25, 0.3) is 0 Å². The van der Waals surface area contributed by atoms with Gasteiger partial charge in [-0.15, -0.1) is 11.8 Å². The number of likely N-dealkylation sites (tertiary alicyclic amines) is 1. The van der Waals surface area contributed by atoms with Gasteiger partial charge in [-0.1, -0.05) is 31.0 Å². The first-order chi connectivity index (χ1) is 14.1. The maximum absolute atomic E-state index is 11.1. The monoisotopic (exact) mass is 417 g/mol. The van der Waals surface area contributed by atoms with Crippen LogP contribution in [0.2, 0.25) is 0 Å². The van der Waals surface area contributed by atoms with Crippen LogP contribution in [0.3, 0.4) is 0 Å². The van der Waals surface area contributed by atoms with Crippen molar-refractivity contribution in [2.75, 3.05) is 32.7 Å². The lowest BCUT2D eigenvalue weighted by Gasteiger charge is -2.32. The minimum atomic E-state index is -0.246. The molecule has 29 heavy (non-hydrogen) atoms. The van der Waals surface area contributed by atoms with E-state index in [2.05, 4.69) is 52.8 Å². The molecule has 4 N–H and O–H groups in total. The summed E-state index contributed by atoms with van der Waals surface area (Å²) in [6, 6.07) is 11.1. The Kier molecular flexibility index (Phi) is 8.24. The van der Waals surface area contributed by atoms with E-state index in [0.717, 1.165) is 45.0 Å². The molecule has 2 aliphatic rings. The molecule has 0 bridgehead atoms. The predicted molar refractivity (Wildman–Crippen MR) is 121 cm³/mol. The van der Waals surface area contributed by atoms with E-state index in [9.17, 15) is 4.79 Å². The number of nitrogens with zero attached hydrogens (tertiary/aromatic N) is 2. The molecule has 1 aromatic rings. The molecular formula is C22H35N5OS. The summed E-state index contributed by atoms with van der Waals surface area (Å²) in [5.74, 6) is 0.671. The molecule has 0 radical (unpaired) electrons. The number of nitrogens with two attached hydrogens (primary N) is 1. The number of guanidine groups is 1. The van der Waals surface area contributed by atoms with Gasteiger partial charge in [0.15, 0.2) is 5.96 Å². The van der Waals surface area contributed by atoms with Crippen molar-refractivity contribution in [2.24, 2.45) is 10.7 Å². The maximum Gasteiger partial charge on any atom is 0.231 e. The molecule has 3 rings (SSSR count). The highest BCUT2D eigenvalue weighted by Crippen LogP contribution is 2.45. The molecule has 1 aromatic carbocycles. The number of rotatable bonds is 8. The first kappa shape index (κ1) is 22.0. The van der Waals surface area contributed by atoms with Gasteiger partial charge in [0.2, 0.25) is 5.91 Å². The number of primary amides is 1. The lowest BCUT2D eigenvalue weighted by atomic mass is 10.1. The van der Waals surface area contributed by atoms with Gasteiger partial charge in [-0.3, -0.25) is 14.7 Å². The first-order valence-corrected chi connectivity index (χ1v) is 11.7. The molecule has 1 saturated heterocycles. The number of piperidine rings is 1. The molecule has 0 aromatic heterocycles. The van der Waals surface area contributed by atoms with Crippen LogP contribution in [0.4, 0.5) is 0 Å². The lowest BCUT2D eigenvalue weighted by molar-refractivity contribution is -0.119. The highest BCUT2D eigenvalue weighted by Gasteiger charge is 2.35. The number of carbonyl (C=O) groups excluding carboxylic acids is 1.